The van der Waals surface area contributed by atoms with E-state index in [1.54, 1.807) is 18.2 Å². The zero-order chi connectivity index (χ0) is 22.9. The van der Waals surface area contributed by atoms with Gasteiger partial charge in [-0.25, -0.2) is 4.39 Å². The average Bonchev–Trinajstić information content (AvgIpc) is 2.61. The molecule has 2 N–H and O–H groups in total. The number of carbonyl (C=O) groups excluding carboxylic acids is 1. The van der Waals surface area contributed by atoms with Crippen LogP contribution in [0.15, 0.2) is 40.4 Å². The molecule has 2 aromatic rings. The van der Waals surface area contributed by atoms with E-state index in [9.17, 15) is 19.6 Å². The zero-order valence-electron chi connectivity index (χ0n) is 18.0. The number of amides is 1. The lowest BCUT2D eigenvalue weighted by atomic mass is 9.78. The van der Waals surface area contributed by atoms with Crippen molar-refractivity contribution in [2.24, 2.45) is 0 Å². The van der Waals surface area contributed by atoms with E-state index < -0.39 is 11.7 Å². The molecule has 6 heteroatoms. The molecule has 0 radical (unpaired) electrons. The van der Waals surface area contributed by atoms with Gasteiger partial charge in [0, 0.05) is 15.6 Å². The van der Waals surface area contributed by atoms with Gasteiger partial charge in [0.15, 0.2) is 0 Å². The molecule has 0 fully saturated rings. The molecule has 0 atom stereocenters. The Bertz CT molecular complexity index is 1020. The first kappa shape index (κ1) is 23.6. The molecule has 0 aliphatic rings. The van der Waals surface area contributed by atoms with Gasteiger partial charge in [-0.2, -0.15) is 5.26 Å². The maximum absolute atomic E-state index is 14.0. The summed E-state index contributed by atoms with van der Waals surface area (Å²) in [4.78, 5) is 12.6. The average molecular weight is 473 g/mol. The van der Waals surface area contributed by atoms with Crippen molar-refractivity contribution in [3.05, 3.63) is 62.9 Å². The standard InChI is InChI=1S/C24H26BrFN2O2/c1-23(2,3)17-10-14(11-18(21(17)29)24(4,5)6)9-15(13-27)22(30)28-20-8-7-16(25)12-19(20)26/h7-12,29H,1-6H3,(H,28,30)/b15-9+. The zero-order valence-corrected chi connectivity index (χ0v) is 19.6. The van der Waals surface area contributed by atoms with Gasteiger partial charge in [0.25, 0.3) is 5.91 Å². The summed E-state index contributed by atoms with van der Waals surface area (Å²) >= 11 is 3.16. The van der Waals surface area contributed by atoms with Crippen molar-refractivity contribution in [1.82, 2.24) is 0 Å². The second kappa shape index (κ2) is 8.61. The first-order valence-electron chi connectivity index (χ1n) is 9.50. The van der Waals surface area contributed by atoms with Crippen LogP contribution in [0.5, 0.6) is 5.75 Å². The van der Waals surface area contributed by atoms with Crippen molar-refractivity contribution in [2.75, 3.05) is 5.32 Å². The number of benzene rings is 2. The smallest absolute Gasteiger partial charge is 0.266 e. The van der Waals surface area contributed by atoms with Gasteiger partial charge in [-0.3, -0.25) is 4.79 Å². The van der Waals surface area contributed by atoms with E-state index in [1.807, 2.05) is 47.6 Å². The van der Waals surface area contributed by atoms with Crippen molar-refractivity contribution in [3.8, 4) is 11.8 Å². The number of nitriles is 1. The number of phenols is 1. The summed E-state index contributed by atoms with van der Waals surface area (Å²) in [6.45, 7) is 11.9. The molecule has 30 heavy (non-hydrogen) atoms. The predicted octanol–water partition coefficient (Wildman–Crippen LogP) is 6.43. The highest BCUT2D eigenvalue weighted by Crippen LogP contribution is 2.40. The number of rotatable bonds is 3. The summed E-state index contributed by atoms with van der Waals surface area (Å²) in [5.74, 6) is -1.10. The summed E-state index contributed by atoms with van der Waals surface area (Å²) in [5, 5.41) is 22.8. The molecule has 0 spiro atoms. The Kier molecular flexibility index (Phi) is 6.78. The van der Waals surface area contributed by atoms with Crippen LogP contribution < -0.4 is 5.32 Å². The number of carbonyl (C=O) groups is 1. The Morgan fingerprint density at radius 3 is 2.07 bits per heavy atom. The third-order valence-electron chi connectivity index (χ3n) is 4.60. The number of nitrogens with one attached hydrogen (secondary N) is 1. The summed E-state index contributed by atoms with van der Waals surface area (Å²) in [6.07, 6.45) is 1.45. The summed E-state index contributed by atoms with van der Waals surface area (Å²) in [6, 6.07) is 9.68. The van der Waals surface area contributed by atoms with Crippen LogP contribution in [0.3, 0.4) is 0 Å². The lowest BCUT2D eigenvalue weighted by molar-refractivity contribution is -0.112. The Hall–Kier alpha value is -2.65. The monoisotopic (exact) mass is 472 g/mol. The van der Waals surface area contributed by atoms with E-state index in [0.717, 1.165) is 11.1 Å². The molecule has 2 rings (SSSR count). The van der Waals surface area contributed by atoms with Crippen LogP contribution in [0.4, 0.5) is 10.1 Å². The summed E-state index contributed by atoms with van der Waals surface area (Å²) in [7, 11) is 0. The molecule has 2 aromatic carbocycles. The summed E-state index contributed by atoms with van der Waals surface area (Å²) in [5.41, 5.74) is 1.19. The minimum Gasteiger partial charge on any atom is -0.507 e. The Labute approximate surface area is 185 Å². The van der Waals surface area contributed by atoms with Gasteiger partial charge in [0.1, 0.15) is 23.2 Å². The molecule has 0 bridgehead atoms. The van der Waals surface area contributed by atoms with Crippen LogP contribution in [0.25, 0.3) is 6.08 Å². The van der Waals surface area contributed by atoms with Crippen LogP contribution >= 0.6 is 15.9 Å². The number of aromatic hydroxyl groups is 1. The normalized spacial score (nSPS) is 12.4. The van der Waals surface area contributed by atoms with Gasteiger partial charge in [0.05, 0.1) is 5.69 Å². The van der Waals surface area contributed by atoms with E-state index >= 15 is 0 Å². The molecule has 0 unspecified atom stereocenters. The lowest BCUT2D eigenvalue weighted by Gasteiger charge is -2.28. The fourth-order valence-electron chi connectivity index (χ4n) is 2.98. The van der Waals surface area contributed by atoms with Crippen LogP contribution in [-0.4, -0.2) is 11.0 Å². The molecular formula is C24H26BrFN2O2. The minimum absolute atomic E-state index is 0.0131. The van der Waals surface area contributed by atoms with Gasteiger partial charge in [-0.15, -0.1) is 0 Å². The molecule has 0 saturated carbocycles. The Balaban J connectivity index is 2.53. The number of anilines is 1. The van der Waals surface area contributed by atoms with Gasteiger partial charge in [-0.05, 0) is 52.8 Å². The van der Waals surface area contributed by atoms with Gasteiger partial charge in [0.2, 0.25) is 0 Å². The highest BCUT2D eigenvalue weighted by atomic mass is 79.9. The second-order valence-electron chi connectivity index (χ2n) is 9.21. The third-order valence-corrected chi connectivity index (χ3v) is 5.10. The first-order chi connectivity index (χ1) is 13.7. The molecule has 158 valence electrons. The number of halogens is 2. The number of nitrogens with zero attached hydrogens (tertiary/aromatic N) is 1. The lowest BCUT2D eigenvalue weighted by Crippen LogP contribution is -2.18. The quantitative estimate of drug-likeness (QED) is 0.398. The van der Waals surface area contributed by atoms with Gasteiger partial charge in [-0.1, -0.05) is 57.5 Å². The van der Waals surface area contributed by atoms with Crippen molar-refractivity contribution < 1.29 is 14.3 Å². The second-order valence-corrected chi connectivity index (χ2v) is 10.1. The van der Waals surface area contributed by atoms with Gasteiger partial charge < -0.3 is 10.4 Å². The Morgan fingerprint density at radius 1 is 1.10 bits per heavy atom. The molecule has 4 nitrogen and oxygen atoms in total. The number of hydrogen-bond donors (Lipinski definition) is 2. The molecule has 0 saturated heterocycles. The predicted molar refractivity (Wildman–Crippen MR) is 122 cm³/mol. The fraction of sp³-hybridized carbons (Fsp3) is 0.333. The highest BCUT2D eigenvalue weighted by Gasteiger charge is 2.26. The summed E-state index contributed by atoms with van der Waals surface area (Å²) < 4.78 is 14.6. The van der Waals surface area contributed by atoms with E-state index in [-0.39, 0.29) is 27.8 Å². The van der Waals surface area contributed by atoms with Crippen LogP contribution in [0, 0.1) is 17.1 Å². The van der Waals surface area contributed by atoms with Crippen molar-refractivity contribution in [3.63, 3.8) is 0 Å². The minimum atomic E-state index is -0.707. The van der Waals surface area contributed by atoms with E-state index in [4.69, 9.17) is 0 Å². The maximum Gasteiger partial charge on any atom is 0.266 e. The topological polar surface area (TPSA) is 73.1 Å². The number of hydrogen-bond acceptors (Lipinski definition) is 3. The fourth-order valence-corrected chi connectivity index (χ4v) is 3.31. The molecule has 0 aliphatic heterocycles. The first-order valence-corrected chi connectivity index (χ1v) is 10.3. The van der Waals surface area contributed by atoms with Gasteiger partial charge >= 0.3 is 0 Å². The van der Waals surface area contributed by atoms with Crippen molar-refractivity contribution in [2.45, 2.75) is 52.4 Å². The number of phenolic OH excluding ortho intramolecular Hbond substituents is 1. The highest BCUT2D eigenvalue weighted by molar-refractivity contribution is 9.10. The van der Waals surface area contributed by atoms with E-state index in [1.165, 1.54) is 18.2 Å². The maximum atomic E-state index is 14.0. The molecule has 0 heterocycles. The van der Waals surface area contributed by atoms with Crippen molar-refractivity contribution >= 4 is 33.6 Å². The van der Waals surface area contributed by atoms with E-state index in [2.05, 4.69) is 21.2 Å². The van der Waals surface area contributed by atoms with Crippen LogP contribution in [0.1, 0.15) is 58.2 Å². The largest absolute Gasteiger partial charge is 0.507 e. The molecule has 1 amide bonds. The molecule has 0 aliphatic carbocycles. The van der Waals surface area contributed by atoms with Crippen LogP contribution in [-0.2, 0) is 15.6 Å². The van der Waals surface area contributed by atoms with Crippen LogP contribution in [0.2, 0.25) is 0 Å². The van der Waals surface area contributed by atoms with Crippen molar-refractivity contribution in [1.29, 1.82) is 5.26 Å². The third kappa shape index (κ3) is 5.48. The Morgan fingerprint density at radius 2 is 1.63 bits per heavy atom. The van der Waals surface area contributed by atoms with E-state index in [0.29, 0.717) is 10.0 Å². The molecular weight excluding hydrogens is 447 g/mol. The SMILES string of the molecule is CC(C)(C)c1cc(/C=C(\C#N)C(=O)Nc2ccc(Br)cc2F)cc(C(C)(C)C)c1O. The molecule has 0 aromatic heterocycles.